The number of hydrogen-bond donors (Lipinski definition) is 0. The minimum atomic E-state index is -1.16. The summed E-state index contributed by atoms with van der Waals surface area (Å²) < 4.78 is 17.8. The second-order valence-electron chi connectivity index (χ2n) is 7.69. The first-order chi connectivity index (χ1) is 16.0. The van der Waals surface area contributed by atoms with Crippen molar-refractivity contribution >= 4 is 56.7 Å². The monoisotopic (exact) mass is 584 g/mol. The summed E-state index contributed by atoms with van der Waals surface area (Å²) >= 11 is -0.303. The molecule has 176 valence electrons. The molecule has 1 fully saturated rings. The predicted molar refractivity (Wildman–Crippen MR) is 127 cm³/mol. The van der Waals surface area contributed by atoms with E-state index in [0.29, 0.717) is 0 Å². The van der Waals surface area contributed by atoms with Gasteiger partial charge in [-0.3, -0.25) is 0 Å². The Morgan fingerprint density at radius 2 is 1.42 bits per heavy atom. The molecule has 0 aliphatic heterocycles. The van der Waals surface area contributed by atoms with E-state index in [1.807, 2.05) is 60.7 Å². The van der Waals surface area contributed by atoms with Gasteiger partial charge in [-0.2, -0.15) is 0 Å². The molecule has 33 heavy (non-hydrogen) atoms. The van der Waals surface area contributed by atoms with Crippen molar-refractivity contribution < 1.29 is 28.6 Å². The summed E-state index contributed by atoms with van der Waals surface area (Å²) in [6.45, 7) is 1.95. The Balaban J connectivity index is 2.14. The molecule has 0 aromatic heterocycles. The van der Waals surface area contributed by atoms with E-state index in [1.54, 1.807) is 6.92 Å². The van der Waals surface area contributed by atoms with E-state index >= 15 is 0 Å². The van der Waals surface area contributed by atoms with E-state index in [4.69, 9.17) is 14.2 Å². The normalized spacial score (nSPS) is 22.1. The third kappa shape index (κ3) is 5.70. The van der Waals surface area contributed by atoms with E-state index in [1.165, 1.54) is 14.2 Å². The summed E-state index contributed by atoms with van der Waals surface area (Å²) in [7, 11) is 2.66. The number of rotatable bonds is 9. The molecule has 0 amide bonds. The predicted octanol–water partition coefficient (Wildman–Crippen LogP) is 1.71. The SMILES string of the molecule is CCOC(=O)[C@]1(C([Se]c2ccccc2)[Se]c2ccccc2)C[C@H](C(=O)OC)C[C@@H]1C(=O)OC. The van der Waals surface area contributed by atoms with E-state index < -0.39 is 35.2 Å². The fraction of sp³-hybridized carbons (Fsp3) is 0.400. The fourth-order valence-electron chi connectivity index (χ4n) is 4.25. The molecule has 2 aromatic carbocycles. The molecule has 1 aliphatic carbocycles. The van der Waals surface area contributed by atoms with Crippen molar-refractivity contribution in [2.24, 2.45) is 17.3 Å². The summed E-state index contributed by atoms with van der Waals surface area (Å²) in [5.41, 5.74) is -1.16. The van der Waals surface area contributed by atoms with Gasteiger partial charge in [-0.1, -0.05) is 0 Å². The van der Waals surface area contributed by atoms with E-state index in [-0.39, 0.29) is 53.1 Å². The Labute approximate surface area is 207 Å². The van der Waals surface area contributed by atoms with Crippen LogP contribution in [0.25, 0.3) is 0 Å². The van der Waals surface area contributed by atoms with Gasteiger partial charge in [0, 0.05) is 0 Å². The zero-order valence-corrected chi connectivity index (χ0v) is 22.3. The van der Waals surface area contributed by atoms with Crippen LogP contribution in [0.5, 0.6) is 0 Å². The number of methoxy groups -OCH3 is 2. The Morgan fingerprint density at radius 3 is 1.88 bits per heavy atom. The van der Waals surface area contributed by atoms with Crippen molar-refractivity contribution in [2.75, 3.05) is 20.8 Å². The van der Waals surface area contributed by atoms with Crippen LogP contribution >= 0.6 is 0 Å². The number of hydrogen-bond acceptors (Lipinski definition) is 6. The van der Waals surface area contributed by atoms with Gasteiger partial charge >= 0.3 is 208 Å². The van der Waals surface area contributed by atoms with Crippen molar-refractivity contribution in [3.05, 3.63) is 60.7 Å². The zero-order valence-electron chi connectivity index (χ0n) is 18.9. The van der Waals surface area contributed by atoms with Gasteiger partial charge < -0.3 is 0 Å². The molecule has 1 saturated carbocycles. The number of carbonyl (C=O) groups is 3. The van der Waals surface area contributed by atoms with E-state index in [9.17, 15) is 14.4 Å². The molecule has 0 radical (unpaired) electrons. The van der Waals surface area contributed by atoms with Crippen LogP contribution in [0, 0.1) is 17.3 Å². The van der Waals surface area contributed by atoms with Crippen molar-refractivity contribution in [1.82, 2.24) is 0 Å². The standard InChI is InChI=1S/C25H28O6Se2/c1-4-31-23(28)25(16-17(21(26)29-2)15-20(25)22(27)30-3)24(32-18-11-7-5-8-12-18)33-19-13-9-6-10-14-19/h5-14,17,20,24H,4,15-16H2,1-3H3/t17-,20-,25+/m1/s1. The summed E-state index contributed by atoms with van der Waals surface area (Å²) in [6.07, 6.45) is 0.427. The second kappa shape index (κ2) is 11.8. The molecule has 3 atom stereocenters. The van der Waals surface area contributed by atoms with Gasteiger partial charge in [-0.05, 0) is 0 Å². The molecular formula is C25H28O6Se2. The van der Waals surface area contributed by atoms with Crippen molar-refractivity contribution in [1.29, 1.82) is 0 Å². The molecule has 0 spiro atoms. The molecule has 0 bridgehead atoms. The quantitative estimate of drug-likeness (QED) is 0.255. The van der Waals surface area contributed by atoms with Crippen molar-refractivity contribution in [3.63, 3.8) is 0 Å². The van der Waals surface area contributed by atoms with Crippen LogP contribution in [0.15, 0.2) is 60.7 Å². The first kappa shape index (κ1) is 25.5. The van der Waals surface area contributed by atoms with Crippen LogP contribution in [0.2, 0.25) is 3.71 Å². The molecule has 0 unspecified atom stereocenters. The van der Waals surface area contributed by atoms with Crippen LogP contribution in [-0.2, 0) is 28.6 Å². The number of benzene rings is 2. The van der Waals surface area contributed by atoms with Gasteiger partial charge in [0.2, 0.25) is 0 Å². The maximum atomic E-state index is 13.7. The molecule has 0 heterocycles. The van der Waals surface area contributed by atoms with E-state index in [2.05, 4.69) is 0 Å². The molecule has 0 N–H and O–H groups in total. The van der Waals surface area contributed by atoms with Gasteiger partial charge in [0.15, 0.2) is 0 Å². The molecule has 0 saturated heterocycles. The van der Waals surface area contributed by atoms with Crippen LogP contribution in [-0.4, -0.2) is 68.6 Å². The zero-order chi connectivity index (χ0) is 23.8. The van der Waals surface area contributed by atoms with Crippen molar-refractivity contribution in [3.8, 4) is 0 Å². The summed E-state index contributed by atoms with van der Waals surface area (Å²) in [5.74, 6) is -2.65. The Bertz CT molecular complexity index is 910. The van der Waals surface area contributed by atoms with Gasteiger partial charge in [0.1, 0.15) is 0 Å². The number of esters is 3. The van der Waals surface area contributed by atoms with Crippen LogP contribution in [0.1, 0.15) is 19.8 Å². The molecule has 6 nitrogen and oxygen atoms in total. The number of carbonyl (C=O) groups excluding carboxylic acids is 3. The van der Waals surface area contributed by atoms with E-state index in [0.717, 1.165) is 8.92 Å². The average molecular weight is 582 g/mol. The van der Waals surface area contributed by atoms with Gasteiger partial charge in [0.05, 0.1) is 0 Å². The Kier molecular flexibility index (Phi) is 9.16. The Hall–Kier alpha value is -2.11. The first-order valence-corrected chi connectivity index (χ1v) is 14.4. The van der Waals surface area contributed by atoms with Gasteiger partial charge in [-0.25, -0.2) is 0 Å². The summed E-state index contributed by atoms with van der Waals surface area (Å²) in [4.78, 5) is 39.3. The average Bonchev–Trinajstić information content (AvgIpc) is 3.26. The summed E-state index contributed by atoms with van der Waals surface area (Å²) in [5, 5.41) is 0. The molecular weight excluding hydrogens is 554 g/mol. The van der Waals surface area contributed by atoms with Crippen LogP contribution in [0.4, 0.5) is 0 Å². The Morgan fingerprint density at radius 1 is 0.909 bits per heavy atom. The first-order valence-electron chi connectivity index (χ1n) is 10.7. The molecule has 1 aliphatic rings. The molecule has 3 rings (SSSR count). The molecule has 2 aromatic rings. The number of ether oxygens (including phenoxy) is 3. The van der Waals surface area contributed by atoms with Crippen LogP contribution < -0.4 is 8.92 Å². The van der Waals surface area contributed by atoms with Crippen LogP contribution in [0.3, 0.4) is 0 Å². The molecule has 8 heteroatoms. The van der Waals surface area contributed by atoms with Gasteiger partial charge in [0.25, 0.3) is 0 Å². The topological polar surface area (TPSA) is 78.9 Å². The third-order valence-electron chi connectivity index (χ3n) is 5.80. The second-order valence-corrected chi connectivity index (χ2v) is 14.1. The third-order valence-corrected chi connectivity index (χ3v) is 12.8. The minimum absolute atomic E-state index is 0.152. The van der Waals surface area contributed by atoms with Crippen molar-refractivity contribution in [2.45, 2.75) is 23.5 Å². The summed E-state index contributed by atoms with van der Waals surface area (Å²) in [6, 6.07) is 20.0. The maximum absolute atomic E-state index is 13.7. The fourth-order valence-corrected chi connectivity index (χ4v) is 12.0. The van der Waals surface area contributed by atoms with Gasteiger partial charge in [-0.15, -0.1) is 0 Å².